The molecule has 5 nitrogen and oxygen atoms in total. The van der Waals surface area contributed by atoms with Crippen molar-refractivity contribution in [2.45, 2.75) is 0 Å². The van der Waals surface area contributed by atoms with E-state index in [9.17, 15) is 4.11 Å². The summed E-state index contributed by atoms with van der Waals surface area (Å²) in [6, 6.07) is 43.0. The molecule has 4 heterocycles. The molecule has 6 heteroatoms. The average molecular weight is 675 g/mol. The van der Waals surface area contributed by atoms with E-state index in [1.165, 1.54) is 16.8 Å². The Hall–Kier alpha value is -6.63. The zero-order valence-corrected chi connectivity index (χ0v) is 27.7. The van der Waals surface area contributed by atoms with Gasteiger partial charge in [-0.05, 0) is 42.4 Å². The van der Waals surface area contributed by atoms with E-state index < -0.39 is 0 Å². The van der Waals surface area contributed by atoms with Gasteiger partial charge in [-0.1, -0.05) is 121 Å². The lowest BCUT2D eigenvalue weighted by atomic mass is 10.1. The van der Waals surface area contributed by atoms with Crippen molar-refractivity contribution in [3.05, 3.63) is 164 Å². The third kappa shape index (κ3) is 4.24. The summed E-state index contributed by atoms with van der Waals surface area (Å²) in [7, 11) is 0. The van der Waals surface area contributed by atoms with Gasteiger partial charge in [-0.15, -0.1) is 11.3 Å². The molecule has 0 aliphatic carbocycles. The number of fused-ring (bicyclic) bond motifs is 10. The quantitative estimate of drug-likeness (QED) is 0.187. The highest BCUT2D eigenvalue weighted by Crippen LogP contribution is 2.43. The molecule has 11 aromatic rings. The first-order valence-electron chi connectivity index (χ1n) is 19.1. The van der Waals surface area contributed by atoms with Crippen LogP contribution in [0.15, 0.2) is 164 Å². The normalized spacial score (nSPS) is 13.3. The lowest BCUT2D eigenvalue weighted by molar-refractivity contribution is 0.955. The van der Waals surface area contributed by atoms with Gasteiger partial charge in [-0.3, -0.25) is 4.57 Å². The Morgan fingerprint density at radius 2 is 1.12 bits per heavy atom. The highest BCUT2D eigenvalue weighted by molar-refractivity contribution is 7.25. The van der Waals surface area contributed by atoms with Crippen LogP contribution >= 0.6 is 11.3 Å². The Morgan fingerprint density at radius 3 is 1.86 bits per heavy atom. The predicted molar refractivity (Wildman–Crippen MR) is 212 cm³/mol. The molecule has 0 fully saturated rings. The molecular formula is C45H27N5S. The molecule has 0 aliphatic rings. The van der Waals surface area contributed by atoms with Crippen LogP contribution in [0.25, 0.3) is 98.2 Å². The third-order valence-corrected chi connectivity index (χ3v) is 10.7. The number of hydrogen-bond acceptors (Lipinski definition) is 4. The number of thiophene rings is 1. The minimum absolute atomic E-state index is 0.104. The molecule has 0 spiro atoms. The maximum atomic E-state index is 9.67. The highest BCUT2D eigenvalue weighted by Gasteiger charge is 2.23. The summed E-state index contributed by atoms with van der Waals surface area (Å²) in [4.78, 5) is 15.1. The van der Waals surface area contributed by atoms with E-state index in [0.29, 0.717) is 55.3 Å². The summed E-state index contributed by atoms with van der Waals surface area (Å²) in [6.07, 6.45) is 0. The van der Waals surface area contributed by atoms with Gasteiger partial charge in [0.2, 0.25) is 5.95 Å². The predicted octanol–water partition coefficient (Wildman–Crippen LogP) is 11.8. The summed E-state index contributed by atoms with van der Waals surface area (Å²) in [5, 5.41) is 4.71. The molecule has 0 atom stereocenters. The van der Waals surface area contributed by atoms with Gasteiger partial charge in [-0.25, -0.2) is 4.98 Å². The molecule has 0 saturated heterocycles. The van der Waals surface area contributed by atoms with Gasteiger partial charge in [0.25, 0.3) is 0 Å². The van der Waals surface area contributed by atoms with Crippen LogP contribution in [0, 0.1) is 0 Å². The Morgan fingerprint density at radius 1 is 0.471 bits per heavy atom. The van der Waals surface area contributed by atoms with Crippen molar-refractivity contribution in [3.63, 3.8) is 0 Å². The van der Waals surface area contributed by atoms with Gasteiger partial charge in [0.05, 0.1) is 28.9 Å². The molecule has 11 rings (SSSR count). The number of nitrogens with zero attached hydrogens (tertiary/aromatic N) is 5. The monoisotopic (exact) mass is 674 g/mol. The number of rotatable bonds is 4. The summed E-state index contributed by atoms with van der Waals surface area (Å²) in [5.74, 6) is 1.16. The molecule has 0 amide bonds. The fourth-order valence-electron chi connectivity index (χ4n) is 7.36. The van der Waals surface area contributed by atoms with Gasteiger partial charge < -0.3 is 4.57 Å². The lowest BCUT2D eigenvalue weighted by Crippen LogP contribution is -2.06. The summed E-state index contributed by atoms with van der Waals surface area (Å²) < 4.78 is 51.9. The van der Waals surface area contributed by atoms with Crippen LogP contribution in [0.4, 0.5) is 0 Å². The molecule has 51 heavy (non-hydrogen) atoms. The fourth-order valence-corrected chi connectivity index (χ4v) is 8.44. The van der Waals surface area contributed by atoms with Crippen LogP contribution in [0.2, 0.25) is 0 Å². The van der Waals surface area contributed by atoms with Gasteiger partial charge in [0, 0.05) is 58.5 Å². The highest BCUT2D eigenvalue weighted by atomic mass is 32.1. The molecule has 0 N–H and O–H groups in total. The van der Waals surface area contributed by atoms with Crippen LogP contribution < -0.4 is 0 Å². The molecule has 4 aromatic heterocycles. The van der Waals surface area contributed by atoms with E-state index in [-0.39, 0.29) is 36.2 Å². The maximum absolute atomic E-state index is 9.67. The second-order valence-corrected chi connectivity index (χ2v) is 13.5. The SMILES string of the molecule is [2H]c1cc([2H])c2c(c1)c1c(c([2H])cc3c4cc([2H])cc([2H])c4n(-c4nc(-c5ccccc5)nc(-c5ccccc5)n4)c31)n2-c1ccc2sc3ccccc3c2c1. The molecule has 0 saturated carbocycles. The van der Waals surface area contributed by atoms with Crippen molar-refractivity contribution in [2.75, 3.05) is 0 Å². The Kier molecular flexibility index (Phi) is 5.08. The first-order chi connectivity index (χ1) is 27.3. The van der Waals surface area contributed by atoms with Crippen LogP contribution in [0.5, 0.6) is 0 Å². The van der Waals surface area contributed by atoms with Crippen molar-refractivity contribution < 1.29 is 6.85 Å². The standard InChI is InChI=1S/C45H27N5S/c1-3-13-28(14-4-1)43-46-44(29-15-5-2-6-16-29)48-45(47-43)50-36-20-10-7-17-31(36)33-24-25-38-41(42(33)50)34-19-8-11-21-37(34)49(38)30-23-26-40-35(27-30)32-18-9-12-22-39(32)51-40/h1-27H/i7D,8D,20D,21D,25D. The summed E-state index contributed by atoms with van der Waals surface area (Å²) >= 11 is 1.72. The smallest absolute Gasteiger partial charge is 0.238 e. The largest absolute Gasteiger partial charge is 0.309 e. The van der Waals surface area contributed by atoms with E-state index >= 15 is 0 Å². The minimum atomic E-state index is 0.104. The first kappa shape index (κ1) is 23.7. The van der Waals surface area contributed by atoms with Crippen molar-refractivity contribution in [1.29, 1.82) is 0 Å². The van der Waals surface area contributed by atoms with Crippen LogP contribution in [0.1, 0.15) is 6.85 Å². The average Bonchev–Trinajstić information content (AvgIpc) is 3.86. The second-order valence-electron chi connectivity index (χ2n) is 12.5. The van der Waals surface area contributed by atoms with Crippen molar-refractivity contribution in [2.24, 2.45) is 0 Å². The molecule has 0 bridgehead atoms. The maximum Gasteiger partial charge on any atom is 0.238 e. The second kappa shape index (κ2) is 10.9. The molecule has 0 aliphatic heterocycles. The van der Waals surface area contributed by atoms with Gasteiger partial charge in [-0.2, -0.15) is 9.97 Å². The minimum Gasteiger partial charge on any atom is -0.309 e. The first-order valence-corrected chi connectivity index (χ1v) is 17.4. The Labute approximate surface area is 303 Å². The number of hydrogen-bond donors (Lipinski definition) is 0. The van der Waals surface area contributed by atoms with Crippen molar-refractivity contribution >= 4 is 75.1 Å². The van der Waals surface area contributed by atoms with Gasteiger partial charge in [0.15, 0.2) is 11.6 Å². The number of para-hydroxylation sites is 2. The topological polar surface area (TPSA) is 48.5 Å². The third-order valence-electron chi connectivity index (χ3n) is 9.59. The van der Waals surface area contributed by atoms with Crippen molar-refractivity contribution in [3.8, 4) is 34.4 Å². The van der Waals surface area contributed by atoms with E-state index in [0.717, 1.165) is 32.3 Å². The van der Waals surface area contributed by atoms with Gasteiger partial charge in [0.1, 0.15) is 0 Å². The Bertz CT molecular complexity index is 3370. The van der Waals surface area contributed by atoms with E-state index in [1.54, 1.807) is 29.5 Å². The fraction of sp³-hybridized carbons (Fsp3) is 0. The molecule has 238 valence electrons. The number of benzene rings is 7. The van der Waals surface area contributed by atoms with Gasteiger partial charge >= 0.3 is 0 Å². The summed E-state index contributed by atoms with van der Waals surface area (Å²) in [6.45, 7) is 0. The zero-order chi connectivity index (χ0) is 37.8. The van der Waals surface area contributed by atoms with E-state index in [2.05, 4.69) is 24.3 Å². The Balaban J connectivity index is 1.34. The molecule has 7 aromatic carbocycles. The molecule has 0 unspecified atom stereocenters. The van der Waals surface area contributed by atoms with Crippen LogP contribution in [0.3, 0.4) is 0 Å². The van der Waals surface area contributed by atoms with Crippen LogP contribution in [-0.4, -0.2) is 24.1 Å². The summed E-state index contributed by atoms with van der Waals surface area (Å²) in [5.41, 5.74) is 4.57. The van der Waals surface area contributed by atoms with Crippen LogP contribution in [-0.2, 0) is 0 Å². The lowest BCUT2D eigenvalue weighted by Gasteiger charge is -2.12. The number of aromatic nitrogens is 5. The molecule has 0 radical (unpaired) electrons. The zero-order valence-electron chi connectivity index (χ0n) is 31.8. The van der Waals surface area contributed by atoms with Crippen molar-refractivity contribution in [1.82, 2.24) is 24.1 Å². The molecular weight excluding hydrogens is 643 g/mol. The van der Waals surface area contributed by atoms with E-state index in [4.69, 9.17) is 17.7 Å². The van der Waals surface area contributed by atoms with E-state index in [1.807, 2.05) is 88.0 Å².